The second kappa shape index (κ2) is 7.74. The van der Waals surface area contributed by atoms with E-state index in [0.717, 1.165) is 12.1 Å². The number of carbonyl (C=O) groups excluding carboxylic acids is 2. The van der Waals surface area contributed by atoms with E-state index in [1.165, 1.54) is 17.3 Å². The van der Waals surface area contributed by atoms with Gasteiger partial charge in [0.25, 0.3) is 11.8 Å². The molecule has 6 nitrogen and oxygen atoms in total. The van der Waals surface area contributed by atoms with Crippen molar-refractivity contribution in [1.82, 2.24) is 4.90 Å². The summed E-state index contributed by atoms with van der Waals surface area (Å²) in [6.45, 7) is 3.29. The van der Waals surface area contributed by atoms with Crippen LogP contribution in [0.25, 0.3) is 0 Å². The Morgan fingerprint density at radius 1 is 1.22 bits per heavy atom. The van der Waals surface area contributed by atoms with Crippen LogP contribution >= 0.6 is 11.6 Å². The molecule has 2 heterocycles. The molecule has 1 atom stereocenters. The van der Waals surface area contributed by atoms with Gasteiger partial charge in [0.1, 0.15) is 12.9 Å². The summed E-state index contributed by atoms with van der Waals surface area (Å²) in [5.41, 5.74) is 0.529. The van der Waals surface area contributed by atoms with Gasteiger partial charge in [0, 0.05) is 22.6 Å². The molecule has 0 bridgehead atoms. The first-order valence-corrected chi connectivity index (χ1v) is 9.96. The van der Waals surface area contributed by atoms with Crippen molar-refractivity contribution in [2.24, 2.45) is 10.1 Å². The van der Waals surface area contributed by atoms with Crippen LogP contribution in [0, 0.1) is 6.92 Å². The standard InChI is InChI=1S/C22H17ClF3N3O3/c1-12-5-13(3-4-17(12)20(31)29-10-19(30)27-11-29)18-9-21(2,32-28-18)14-6-15(22(24,25)26)8-16(23)7-14/h3-8,11H,9-10H2,1-2H3. The maximum absolute atomic E-state index is 13.2. The molecule has 0 radical (unpaired) electrons. The number of hydrogen-bond acceptors (Lipinski definition) is 4. The van der Waals surface area contributed by atoms with Gasteiger partial charge in [-0.1, -0.05) is 22.8 Å². The maximum Gasteiger partial charge on any atom is 0.416 e. The van der Waals surface area contributed by atoms with Crippen molar-refractivity contribution in [2.45, 2.75) is 32.0 Å². The van der Waals surface area contributed by atoms with E-state index in [2.05, 4.69) is 10.1 Å². The molecule has 2 amide bonds. The molecule has 1 unspecified atom stereocenters. The van der Waals surface area contributed by atoms with Crippen LogP contribution in [0.15, 0.2) is 46.5 Å². The molecule has 2 aliphatic rings. The molecule has 0 saturated heterocycles. The average Bonchev–Trinajstić information content (AvgIpc) is 3.33. The third-order valence-corrected chi connectivity index (χ3v) is 5.61. The molecule has 0 saturated carbocycles. The Bertz CT molecular complexity index is 1190. The van der Waals surface area contributed by atoms with Crippen molar-refractivity contribution in [2.75, 3.05) is 6.54 Å². The highest BCUT2D eigenvalue weighted by molar-refractivity contribution is 6.30. The minimum atomic E-state index is -4.54. The van der Waals surface area contributed by atoms with E-state index in [0.29, 0.717) is 22.4 Å². The van der Waals surface area contributed by atoms with E-state index < -0.39 is 17.3 Å². The Morgan fingerprint density at radius 3 is 2.59 bits per heavy atom. The van der Waals surface area contributed by atoms with Crippen molar-refractivity contribution in [3.63, 3.8) is 0 Å². The first kappa shape index (κ1) is 22.0. The second-order valence-corrected chi connectivity index (χ2v) is 8.30. The maximum atomic E-state index is 13.2. The van der Waals surface area contributed by atoms with Gasteiger partial charge in [-0.25, -0.2) is 4.99 Å². The molecule has 10 heteroatoms. The fourth-order valence-corrected chi connectivity index (χ4v) is 3.87. The lowest BCUT2D eigenvalue weighted by Crippen LogP contribution is -2.29. The summed E-state index contributed by atoms with van der Waals surface area (Å²) >= 11 is 5.92. The zero-order valence-electron chi connectivity index (χ0n) is 17.0. The number of nitrogens with zero attached hydrogens (tertiary/aromatic N) is 3. The number of benzene rings is 2. The summed E-state index contributed by atoms with van der Waals surface area (Å²) in [7, 11) is 0. The van der Waals surface area contributed by atoms with Crippen LogP contribution in [-0.2, 0) is 21.4 Å². The molecular formula is C22H17ClF3N3O3. The van der Waals surface area contributed by atoms with Crippen LogP contribution in [-0.4, -0.2) is 35.3 Å². The molecule has 0 aliphatic carbocycles. The lowest BCUT2D eigenvalue weighted by atomic mass is 9.87. The Kier molecular flexibility index (Phi) is 5.32. The summed E-state index contributed by atoms with van der Waals surface area (Å²) < 4.78 is 39.6. The fraction of sp³-hybridized carbons (Fsp3) is 0.273. The number of hydrogen-bond donors (Lipinski definition) is 0. The Labute approximate surface area is 186 Å². The zero-order chi connectivity index (χ0) is 23.3. The summed E-state index contributed by atoms with van der Waals surface area (Å²) in [5.74, 6) is -0.740. The SMILES string of the molecule is Cc1cc(C2=NOC(C)(c3cc(Cl)cc(C(F)(F)F)c3)C2)ccc1C(=O)N1C=NC(=O)C1. The number of oxime groups is 1. The smallest absolute Gasteiger partial charge is 0.384 e. The number of amides is 2. The largest absolute Gasteiger partial charge is 0.416 e. The molecule has 4 rings (SSSR count). The van der Waals surface area contributed by atoms with Gasteiger partial charge < -0.3 is 4.84 Å². The molecule has 166 valence electrons. The predicted molar refractivity (Wildman–Crippen MR) is 112 cm³/mol. The topological polar surface area (TPSA) is 71.3 Å². The van der Waals surface area contributed by atoms with E-state index in [-0.39, 0.29) is 35.4 Å². The van der Waals surface area contributed by atoms with E-state index in [4.69, 9.17) is 16.4 Å². The number of rotatable bonds is 3. The van der Waals surface area contributed by atoms with Crippen LogP contribution in [0.1, 0.15) is 46.0 Å². The van der Waals surface area contributed by atoms with E-state index in [1.807, 2.05) is 0 Å². The number of aryl methyl sites for hydroxylation is 1. The Balaban J connectivity index is 1.56. The van der Waals surface area contributed by atoms with Crippen LogP contribution < -0.4 is 0 Å². The van der Waals surface area contributed by atoms with Gasteiger partial charge in [-0.05, 0) is 55.3 Å². The van der Waals surface area contributed by atoms with Crippen LogP contribution in [0.4, 0.5) is 13.2 Å². The van der Waals surface area contributed by atoms with Crippen molar-refractivity contribution in [1.29, 1.82) is 0 Å². The van der Waals surface area contributed by atoms with E-state index in [9.17, 15) is 22.8 Å². The molecule has 2 aromatic rings. The molecular weight excluding hydrogens is 447 g/mol. The van der Waals surface area contributed by atoms with Crippen LogP contribution in [0.2, 0.25) is 5.02 Å². The minimum absolute atomic E-state index is 0.0456. The van der Waals surface area contributed by atoms with Gasteiger partial charge in [-0.3, -0.25) is 14.5 Å². The van der Waals surface area contributed by atoms with Gasteiger partial charge in [0.05, 0.1) is 11.3 Å². The summed E-state index contributed by atoms with van der Waals surface area (Å²) in [5, 5.41) is 4.05. The first-order chi connectivity index (χ1) is 15.0. The first-order valence-electron chi connectivity index (χ1n) is 9.59. The van der Waals surface area contributed by atoms with E-state index >= 15 is 0 Å². The summed E-state index contributed by atoms with van der Waals surface area (Å²) in [4.78, 5) is 34.2. The van der Waals surface area contributed by atoms with Gasteiger partial charge in [0.15, 0.2) is 5.60 Å². The number of aliphatic imine (C=N–C) groups is 1. The molecule has 32 heavy (non-hydrogen) atoms. The molecule has 0 N–H and O–H groups in total. The number of halogens is 4. The molecule has 2 aromatic carbocycles. The van der Waals surface area contributed by atoms with Gasteiger partial charge in [-0.2, -0.15) is 13.2 Å². The highest BCUT2D eigenvalue weighted by Gasteiger charge is 2.39. The van der Waals surface area contributed by atoms with Crippen LogP contribution in [0.3, 0.4) is 0 Å². The second-order valence-electron chi connectivity index (χ2n) is 7.86. The van der Waals surface area contributed by atoms with Gasteiger partial charge >= 0.3 is 6.18 Å². The Morgan fingerprint density at radius 2 is 1.97 bits per heavy atom. The predicted octanol–water partition coefficient (Wildman–Crippen LogP) is 4.72. The summed E-state index contributed by atoms with van der Waals surface area (Å²) in [6.07, 6.45) is -3.12. The quantitative estimate of drug-likeness (QED) is 0.661. The van der Waals surface area contributed by atoms with Crippen LogP contribution in [0.5, 0.6) is 0 Å². The molecule has 0 spiro atoms. The highest BCUT2D eigenvalue weighted by Crippen LogP contribution is 2.40. The van der Waals surface area contributed by atoms with Crippen molar-refractivity contribution >= 4 is 35.5 Å². The molecule has 2 aliphatic heterocycles. The molecule has 0 aromatic heterocycles. The summed E-state index contributed by atoms with van der Waals surface area (Å²) in [6, 6.07) is 8.35. The lowest BCUT2D eigenvalue weighted by molar-refractivity contribution is -0.137. The zero-order valence-corrected chi connectivity index (χ0v) is 17.8. The number of carbonyl (C=O) groups is 2. The Hall–Kier alpha value is -3.20. The van der Waals surface area contributed by atoms with E-state index in [1.54, 1.807) is 32.0 Å². The van der Waals surface area contributed by atoms with Crippen molar-refractivity contribution in [3.8, 4) is 0 Å². The molecule has 0 fully saturated rings. The number of alkyl halides is 3. The lowest BCUT2D eigenvalue weighted by Gasteiger charge is -2.23. The highest BCUT2D eigenvalue weighted by atomic mass is 35.5. The average molecular weight is 464 g/mol. The minimum Gasteiger partial charge on any atom is -0.384 e. The van der Waals surface area contributed by atoms with Crippen molar-refractivity contribution < 1.29 is 27.6 Å². The monoisotopic (exact) mass is 463 g/mol. The van der Waals surface area contributed by atoms with Gasteiger partial charge in [0.2, 0.25) is 0 Å². The normalized spacial score (nSPS) is 20.5. The van der Waals surface area contributed by atoms with Gasteiger partial charge in [-0.15, -0.1) is 0 Å². The third kappa shape index (κ3) is 4.12. The fourth-order valence-electron chi connectivity index (χ4n) is 3.63. The van der Waals surface area contributed by atoms with Crippen molar-refractivity contribution in [3.05, 3.63) is 69.2 Å². The third-order valence-electron chi connectivity index (χ3n) is 5.40.